The molecule has 0 saturated carbocycles. The van der Waals surface area contributed by atoms with Gasteiger partial charge < -0.3 is 24.8 Å². The van der Waals surface area contributed by atoms with Gasteiger partial charge in [-0.15, -0.1) is 47.5 Å². The van der Waals surface area contributed by atoms with Gasteiger partial charge in [-0.25, -0.2) is 11.6 Å². The van der Waals surface area contributed by atoms with E-state index < -0.39 is 0 Å². The molecule has 3 aromatic carbocycles. The van der Waals surface area contributed by atoms with E-state index in [1.807, 2.05) is 23.0 Å². The van der Waals surface area contributed by atoms with Crippen LogP contribution in [-0.2, 0) is 26.2 Å². The van der Waals surface area contributed by atoms with Crippen LogP contribution < -0.4 is 24.8 Å². The van der Waals surface area contributed by atoms with Gasteiger partial charge in [0.25, 0.3) is 0 Å². The number of rotatable bonds is 3. The fraction of sp³-hybridized carbons (Fsp3) is 0.167. The van der Waals surface area contributed by atoms with Gasteiger partial charge in [-0.05, 0) is 11.8 Å². The van der Waals surface area contributed by atoms with Gasteiger partial charge in [0.15, 0.2) is 0 Å². The Morgan fingerprint density at radius 1 is 1.03 bits per heavy atom. The van der Waals surface area contributed by atoms with E-state index >= 15 is 0 Å². The summed E-state index contributed by atoms with van der Waals surface area (Å²) in [5.41, 5.74) is 3.66. The molecule has 0 atom stereocenters. The summed E-state index contributed by atoms with van der Waals surface area (Å²) < 4.78 is 2.00. The summed E-state index contributed by atoms with van der Waals surface area (Å²) in [5, 5.41) is 8.16. The van der Waals surface area contributed by atoms with Crippen molar-refractivity contribution in [3.8, 4) is 5.69 Å². The molecule has 0 saturated heterocycles. The molecule has 0 amide bonds. The van der Waals surface area contributed by atoms with Crippen LogP contribution in [-0.4, -0.2) is 9.78 Å². The number of aromatic nitrogens is 2. The zero-order chi connectivity index (χ0) is 17.8. The minimum atomic E-state index is 0. The van der Waals surface area contributed by atoms with E-state index in [0.29, 0.717) is 0 Å². The van der Waals surface area contributed by atoms with Gasteiger partial charge in [0.05, 0.1) is 11.7 Å². The Balaban J connectivity index is 0.000000332. The number of nitrogens with zero attached hydrogens (tertiary/aromatic N) is 2. The third-order valence-corrected chi connectivity index (χ3v) is 4.61. The molecule has 0 aliphatic heterocycles. The Morgan fingerprint density at radius 3 is 2.45 bits per heavy atom. The number of fused-ring (bicyclic) bond motifs is 2. The minimum absolute atomic E-state index is 0. The van der Waals surface area contributed by atoms with Gasteiger partial charge in [-0.2, -0.15) is 11.2 Å². The number of benzene rings is 2. The first kappa shape index (κ1) is 25.5. The van der Waals surface area contributed by atoms with E-state index in [9.17, 15) is 0 Å². The first-order valence-corrected chi connectivity index (χ1v) is 9.20. The quantitative estimate of drug-likeness (QED) is 0.372. The molecular weight excluding hydrogens is 478 g/mol. The zero-order valence-corrected chi connectivity index (χ0v) is 20.2. The fourth-order valence-electron chi connectivity index (χ4n) is 3.33. The Labute approximate surface area is 204 Å². The summed E-state index contributed by atoms with van der Waals surface area (Å²) in [5.74, 6) is 0. The summed E-state index contributed by atoms with van der Waals surface area (Å²) in [6.07, 6.45) is 13.0. The van der Waals surface area contributed by atoms with Gasteiger partial charge >= 0.3 is 26.2 Å². The van der Waals surface area contributed by atoms with Gasteiger partial charge in [-0.3, -0.25) is 10.8 Å². The van der Waals surface area contributed by atoms with Crippen molar-refractivity contribution in [1.82, 2.24) is 9.78 Å². The van der Waals surface area contributed by atoms with Crippen LogP contribution in [0.5, 0.6) is 0 Å². The number of para-hydroxylation sites is 1. The van der Waals surface area contributed by atoms with Crippen LogP contribution in [0.3, 0.4) is 0 Å². The molecule has 5 rings (SSSR count). The van der Waals surface area contributed by atoms with E-state index in [4.69, 9.17) is 0 Å². The normalized spacial score (nSPS) is 11.7. The molecular formula is C24H22Cl2N2Zr. The largest absolute Gasteiger partial charge is 4.00 e. The SMILES string of the molecule is CCCC1=[C-]CC=C1.[Cl-].[Cl-].[Zr+4].c1ccc2[cH-]c(-n3ncc4ccccc43)cc2c1. The van der Waals surface area contributed by atoms with E-state index in [0.717, 1.165) is 17.6 Å². The first-order valence-electron chi connectivity index (χ1n) is 9.20. The summed E-state index contributed by atoms with van der Waals surface area (Å²) in [6, 6.07) is 21.0. The molecule has 1 heterocycles. The maximum atomic E-state index is 4.48. The van der Waals surface area contributed by atoms with Gasteiger partial charge in [0, 0.05) is 5.39 Å². The van der Waals surface area contributed by atoms with Crippen molar-refractivity contribution in [1.29, 1.82) is 0 Å². The van der Waals surface area contributed by atoms with Crippen LogP contribution in [0.25, 0.3) is 27.4 Å². The molecule has 1 aliphatic rings. The Hall–Kier alpha value is -1.54. The topological polar surface area (TPSA) is 17.8 Å². The first-order chi connectivity index (χ1) is 12.8. The van der Waals surface area contributed by atoms with Crippen LogP contribution in [0.4, 0.5) is 0 Å². The van der Waals surface area contributed by atoms with E-state index in [1.165, 1.54) is 34.6 Å². The van der Waals surface area contributed by atoms with Crippen LogP contribution >= 0.6 is 0 Å². The third kappa shape index (κ3) is 5.98. The summed E-state index contributed by atoms with van der Waals surface area (Å²) in [4.78, 5) is 0. The van der Waals surface area contributed by atoms with Crippen LogP contribution in [0.2, 0.25) is 0 Å². The second kappa shape index (κ2) is 12.2. The molecule has 0 N–H and O–H groups in total. The van der Waals surface area contributed by atoms with E-state index in [1.54, 1.807) is 0 Å². The third-order valence-electron chi connectivity index (χ3n) is 4.61. The molecule has 0 unspecified atom stereocenters. The summed E-state index contributed by atoms with van der Waals surface area (Å²) in [7, 11) is 0. The van der Waals surface area contributed by atoms with E-state index in [-0.39, 0.29) is 51.0 Å². The summed E-state index contributed by atoms with van der Waals surface area (Å²) in [6.45, 7) is 2.20. The van der Waals surface area contributed by atoms with E-state index in [2.05, 4.69) is 78.8 Å². The predicted octanol–water partition coefficient (Wildman–Crippen LogP) is 0.379. The maximum Gasteiger partial charge on any atom is 4.00 e. The van der Waals surface area contributed by atoms with Crippen molar-refractivity contribution in [2.45, 2.75) is 26.2 Å². The number of hydrogen-bond acceptors (Lipinski definition) is 1. The van der Waals surface area contributed by atoms with Crippen molar-refractivity contribution in [2.24, 2.45) is 0 Å². The van der Waals surface area contributed by atoms with Crippen LogP contribution in [0.1, 0.15) is 26.2 Å². The fourth-order valence-corrected chi connectivity index (χ4v) is 3.33. The zero-order valence-electron chi connectivity index (χ0n) is 16.3. The van der Waals surface area contributed by atoms with Crippen molar-refractivity contribution in [2.75, 3.05) is 0 Å². The molecule has 0 bridgehead atoms. The van der Waals surface area contributed by atoms with Gasteiger partial charge in [-0.1, -0.05) is 44.0 Å². The van der Waals surface area contributed by atoms with Crippen LogP contribution in [0.15, 0.2) is 84.6 Å². The predicted molar refractivity (Wildman–Crippen MR) is 110 cm³/mol. The molecule has 2 nitrogen and oxygen atoms in total. The van der Waals surface area contributed by atoms with Crippen molar-refractivity contribution in [3.63, 3.8) is 0 Å². The average Bonchev–Trinajstić information content (AvgIpc) is 3.41. The molecule has 4 aromatic rings. The van der Waals surface area contributed by atoms with Crippen molar-refractivity contribution >= 4 is 21.7 Å². The molecule has 29 heavy (non-hydrogen) atoms. The Bertz CT molecular complexity index is 1060. The van der Waals surface area contributed by atoms with Gasteiger partial charge in [0.1, 0.15) is 0 Å². The number of allylic oxidation sites excluding steroid dienone is 4. The molecule has 1 aromatic heterocycles. The maximum absolute atomic E-state index is 4.48. The Morgan fingerprint density at radius 2 is 1.76 bits per heavy atom. The van der Waals surface area contributed by atoms with Crippen molar-refractivity contribution < 1.29 is 51.0 Å². The molecule has 146 valence electrons. The van der Waals surface area contributed by atoms with Gasteiger partial charge in [0.2, 0.25) is 0 Å². The molecule has 0 spiro atoms. The number of halogens is 2. The monoisotopic (exact) mass is 498 g/mol. The Kier molecular flexibility index (Phi) is 10.7. The molecule has 0 fully saturated rings. The molecule has 0 radical (unpaired) electrons. The number of hydrogen-bond donors (Lipinski definition) is 0. The summed E-state index contributed by atoms with van der Waals surface area (Å²) >= 11 is 0. The minimum Gasteiger partial charge on any atom is -1.00 e. The van der Waals surface area contributed by atoms with Crippen molar-refractivity contribution in [3.05, 3.63) is 90.7 Å². The second-order valence-electron chi connectivity index (χ2n) is 6.52. The smallest absolute Gasteiger partial charge is 1.00 e. The average molecular weight is 501 g/mol. The molecule has 5 heteroatoms. The van der Waals surface area contributed by atoms with Crippen LogP contribution in [0, 0.1) is 6.08 Å². The standard InChI is InChI=1S/C16H11N2.C8H11.2ClH.Zr/c1-2-6-13-10-15(9-12(13)5-1)18-16-8-4-3-7-14(16)11-17-18;1-2-5-8-6-3-4-7-8;;;/h1-11H;3,6H,2,4-5H2,1H3;2*1H;/q2*-1;;;+4/p-2. The second-order valence-corrected chi connectivity index (χ2v) is 6.52. The molecule has 1 aliphatic carbocycles.